The summed E-state index contributed by atoms with van der Waals surface area (Å²) in [5.41, 5.74) is 9.23. The fourth-order valence-electron chi connectivity index (χ4n) is 5.46. The maximum absolute atomic E-state index is 13.5. The van der Waals surface area contributed by atoms with Crippen molar-refractivity contribution in [1.82, 2.24) is 9.47 Å². The molecule has 0 amide bonds. The number of benzene rings is 2. The van der Waals surface area contributed by atoms with Crippen LogP contribution in [0.4, 0.5) is 0 Å². The largest absolute Gasteiger partial charge is 0.384 e. The van der Waals surface area contributed by atoms with Crippen LogP contribution in [0, 0.1) is 5.41 Å². The molecule has 1 fully saturated rings. The van der Waals surface area contributed by atoms with E-state index in [4.69, 9.17) is 11.1 Å². The maximum atomic E-state index is 13.5. The number of nitrogens with zero attached hydrogens (tertiary/aromatic N) is 2. The standard InChI is InChI=1S/C29H38N4O/c1-21-10-8-11-22(2)32(21)16-6-3-7-17-33-27-15-5-4-13-24(27)20-26(29(33)34)19-23-12-9-14-25(18-23)28(30)31/h4-5,9,12-15,18,20-22H,3,6-8,10-11,16-17,19H2,1-2H3,(H3,30,31)/t21-,22?/m1/s1. The predicted molar refractivity (Wildman–Crippen MR) is 142 cm³/mol. The van der Waals surface area contributed by atoms with Crippen LogP contribution in [0.5, 0.6) is 0 Å². The number of piperidine rings is 1. The molecule has 0 bridgehead atoms. The molecule has 1 unspecified atom stereocenters. The zero-order valence-corrected chi connectivity index (χ0v) is 20.6. The zero-order chi connectivity index (χ0) is 24.1. The van der Waals surface area contributed by atoms with Gasteiger partial charge in [0.05, 0.1) is 5.52 Å². The van der Waals surface area contributed by atoms with Crippen molar-refractivity contribution in [2.75, 3.05) is 6.54 Å². The molecule has 0 spiro atoms. The van der Waals surface area contributed by atoms with E-state index >= 15 is 0 Å². The molecule has 4 rings (SSSR count). The highest BCUT2D eigenvalue weighted by molar-refractivity contribution is 5.95. The highest BCUT2D eigenvalue weighted by Crippen LogP contribution is 2.23. The summed E-state index contributed by atoms with van der Waals surface area (Å²) in [6.07, 6.45) is 7.83. The Labute approximate surface area is 203 Å². The van der Waals surface area contributed by atoms with Crippen LogP contribution in [0.2, 0.25) is 0 Å². The summed E-state index contributed by atoms with van der Waals surface area (Å²) >= 11 is 0. The Morgan fingerprint density at radius 2 is 1.71 bits per heavy atom. The number of likely N-dealkylation sites (tertiary alicyclic amines) is 1. The van der Waals surface area contributed by atoms with E-state index in [0.717, 1.165) is 48.0 Å². The van der Waals surface area contributed by atoms with Crippen molar-refractivity contribution < 1.29 is 0 Å². The number of pyridine rings is 1. The van der Waals surface area contributed by atoms with E-state index in [-0.39, 0.29) is 11.4 Å². The number of nitrogen functional groups attached to an aromatic ring is 1. The van der Waals surface area contributed by atoms with Crippen LogP contribution in [0.15, 0.2) is 59.4 Å². The lowest BCUT2D eigenvalue weighted by atomic mass is 9.97. The number of rotatable bonds is 9. The van der Waals surface area contributed by atoms with Gasteiger partial charge in [-0.3, -0.25) is 15.1 Å². The number of amidine groups is 1. The van der Waals surface area contributed by atoms with Crippen LogP contribution in [-0.2, 0) is 13.0 Å². The van der Waals surface area contributed by atoms with Crippen LogP contribution < -0.4 is 11.3 Å². The summed E-state index contributed by atoms with van der Waals surface area (Å²) in [5, 5.41) is 8.80. The molecule has 3 aromatic rings. The molecule has 3 N–H and O–H groups in total. The average molecular weight is 459 g/mol. The molecule has 5 nitrogen and oxygen atoms in total. The van der Waals surface area contributed by atoms with Gasteiger partial charge in [-0.1, -0.05) is 49.2 Å². The number of para-hydroxylation sites is 1. The van der Waals surface area contributed by atoms with Gasteiger partial charge in [-0.25, -0.2) is 0 Å². The molecule has 1 aliphatic heterocycles. The van der Waals surface area contributed by atoms with Gasteiger partial charge >= 0.3 is 0 Å². The Hall–Kier alpha value is -2.92. The van der Waals surface area contributed by atoms with Crippen molar-refractivity contribution in [3.8, 4) is 0 Å². The van der Waals surface area contributed by atoms with Crippen LogP contribution in [0.25, 0.3) is 10.9 Å². The second-order valence-corrected chi connectivity index (χ2v) is 9.90. The van der Waals surface area contributed by atoms with Gasteiger partial charge < -0.3 is 10.3 Å². The lowest BCUT2D eigenvalue weighted by Gasteiger charge is -2.39. The molecule has 1 aliphatic rings. The lowest BCUT2D eigenvalue weighted by molar-refractivity contribution is 0.101. The molecule has 180 valence electrons. The minimum absolute atomic E-state index is 0.0473. The third-order valence-corrected chi connectivity index (χ3v) is 7.38. The van der Waals surface area contributed by atoms with Gasteiger partial charge in [0.2, 0.25) is 0 Å². The molecular formula is C29H38N4O. The molecule has 0 radical (unpaired) electrons. The topological polar surface area (TPSA) is 75.1 Å². The molecule has 2 heterocycles. The quantitative estimate of drug-likeness (QED) is 0.259. The molecule has 0 aliphatic carbocycles. The van der Waals surface area contributed by atoms with Gasteiger partial charge in [0, 0.05) is 36.2 Å². The number of nitrogens with two attached hydrogens (primary N) is 1. The predicted octanol–water partition coefficient (Wildman–Crippen LogP) is 5.31. The Balaban J connectivity index is 1.47. The van der Waals surface area contributed by atoms with Crippen molar-refractivity contribution in [3.63, 3.8) is 0 Å². The van der Waals surface area contributed by atoms with E-state index in [1.165, 1.54) is 25.7 Å². The Kier molecular flexibility index (Phi) is 7.84. The van der Waals surface area contributed by atoms with Gasteiger partial charge in [-0.2, -0.15) is 0 Å². The van der Waals surface area contributed by atoms with E-state index in [1.807, 2.05) is 53.1 Å². The molecule has 1 aromatic heterocycles. The first-order chi connectivity index (χ1) is 16.4. The Morgan fingerprint density at radius 1 is 0.971 bits per heavy atom. The first-order valence-corrected chi connectivity index (χ1v) is 12.7. The van der Waals surface area contributed by atoms with Crippen molar-refractivity contribution in [2.24, 2.45) is 5.73 Å². The molecule has 5 heteroatoms. The number of aromatic nitrogens is 1. The van der Waals surface area contributed by atoms with Crippen molar-refractivity contribution in [2.45, 2.75) is 77.4 Å². The molecule has 2 atom stereocenters. The van der Waals surface area contributed by atoms with Gasteiger partial charge in [-0.15, -0.1) is 0 Å². The third kappa shape index (κ3) is 5.58. The van der Waals surface area contributed by atoms with Crippen molar-refractivity contribution >= 4 is 16.7 Å². The van der Waals surface area contributed by atoms with Crippen LogP contribution in [-0.4, -0.2) is 33.9 Å². The average Bonchev–Trinajstić information content (AvgIpc) is 2.82. The minimum atomic E-state index is 0.0473. The van der Waals surface area contributed by atoms with Crippen molar-refractivity contribution in [1.29, 1.82) is 5.41 Å². The number of unbranched alkanes of at least 4 members (excludes halogenated alkanes) is 2. The first kappa shape index (κ1) is 24.2. The number of aryl methyl sites for hydroxylation is 1. The zero-order valence-electron chi connectivity index (χ0n) is 20.6. The summed E-state index contributed by atoms with van der Waals surface area (Å²) in [6.45, 7) is 6.62. The van der Waals surface area contributed by atoms with E-state index in [0.29, 0.717) is 24.1 Å². The van der Waals surface area contributed by atoms with Crippen LogP contribution in [0.3, 0.4) is 0 Å². The molecule has 0 saturated carbocycles. The summed E-state index contributed by atoms with van der Waals surface area (Å²) < 4.78 is 1.96. The second kappa shape index (κ2) is 11.0. The van der Waals surface area contributed by atoms with Gasteiger partial charge in [0.1, 0.15) is 5.84 Å². The fraction of sp³-hybridized carbons (Fsp3) is 0.448. The summed E-state index contributed by atoms with van der Waals surface area (Å²) in [6, 6.07) is 19.2. The van der Waals surface area contributed by atoms with Gasteiger partial charge in [0.25, 0.3) is 5.56 Å². The highest BCUT2D eigenvalue weighted by Gasteiger charge is 2.23. The summed E-state index contributed by atoms with van der Waals surface area (Å²) in [7, 11) is 0. The number of nitrogens with one attached hydrogen (secondary N) is 1. The molecular weight excluding hydrogens is 420 g/mol. The fourth-order valence-corrected chi connectivity index (χ4v) is 5.46. The normalized spacial score (nSPS) is 18.9. The molecule has 34 heavy (non-hydrogen) atoms. The van der Waals surface area contributed by atoms with Gasteiger partial charge in [0.15, 0.2) is 0 Å². The monoisotopic (exact) mass is 458 g/mol. The summed E-state index contributed by atoms with van der Waals surface area (Å²) in [5.74, 6) is 0.0473. The second-order valence-electron chi connectivity index (χ2n) is 9.90. The van der Waals surface area contributed by atoms with E-state index in [9.17, 15) is 4.79 Å². The van der Waals surface area contributed by atoms with Gasteiger partial charge in [-0.05, 0) is 75.2 Å². The highest BCUT2D eigenvalue weighted by atomic mass is 16.1. The van der Waals surface area contributed by atoms with E-state index < -0.39 is 0 Å². The maximum Gasteiger partial charge on any atom is 0.254 e. The smallest absolute Gasteiger partial charge is 0.254 e. The first-order valence-electron chi connectivity index (χ1n) is 12.7. The van der Waals surface area contributed by atoms with E-state index in [1.54, 1.807) is 0 Å². The lowest BCUT2D eigenvalue weighted by Crippen LogP contribution is -2.44. The number of fused-ring (bicyclic) bond motifs is 1. The van der Waals surface area contributed by atoms with Crippen LogP contribution in [0.1, 0.15) is 69.1 Å². The minimum Gasteiger partial charge on any atom is -0.384 e. The van der Waals surface area contributed by atoms with Crippen LogP contribution >= 0.6 is 0 Å². The van der Waals surface area contributed by atoms with E-state index in [2.05, 4.69) is 24.8 Å². The van der Waals surface area contributed by atoms with Crippen molar-refractivity contribution in [3.05, 3.63) is 81.6 Å². The Morgan fingerprint density at radius 3 is 2.47 bits per heavy atom. The number of hydrogen-bond donors (Lipinski definition) is 2. The third-order valence-electron chi connectivity index (χ3n) is 7.38. The SMILES string of the molecule is CC1CCC[C@@H](C)N1CCCCCn1c(=O)c(Cc2cccc(C(=N)N)c2)cc2ccccc21. The number of hydrogen-bond acceptors (Lipinski definition) is 3. The molecule has 2 aromatic carbocycles. The Bertz CT molecular complexity index is 1190. The molecule has 1 saturated heterocycles. The summed E-state index contributed by atoms with van der Waals surface area (Å²) in [4.78, 5) is 16.2.